The standard InChI is InChI=1S/C22H25N5O3/c1-25-22(29)27(18-10-4-3-5-11-18)20(24-25)16-8-7-13-26(15-16)21(28)23-17-9-6-12-19(14-17)30-2/h3-6,9-12,14,16H,7-8,13,15H2,1-2H3,(H,23,28). The molecule has 0 bridgehead atoms. The first-order valence-electron chi connectivity index (χ1n) is 9.98. The van der Waals surface area contributed by atoms with E-state index in [1.807, 2.05) is 48.5 Å². The molecule has 1 unspecified atom stereocenters. The first-order valence-corrected chi connectivity index (χ1v) is 9.98. The third-order valence-corrected chi connectivity index (χ3v) is 5.36. The molecule has 1 aliphatic rings. The Morgan fingerprint density at radius 3 is 2.73 bits per heavy atom. The minimum absolute atomic E-state index is 0.0242. The minimum atomic E-state index is -0.186. The second-order valence-electron chi connectivity index (χ2n) is 7.38. The lowest BCUT2D eigenvalue weighted by atomic mass is 9.97. The third kappa shape index (κ3) is 3.94. The number of likely N-dealkylation sites (tertiary alicyclic amines) is 1. The van der Waals surface area contributed by atoms with Crippen molar-refractivity contribution in [2.24, 2.45) is 7.05 Å². The van der Waals surface area contributed by atoms with Crippen molar-refractivity contribution in [1.29, 1.82) is 0 Å². The SMILES string of the molecule is COc1cccc(NC(=O)N2CCCC(c3nn(C)c(=O)n3-c3ccccc3)C2)c1. The number of nitrogens with one attached hydrogen (secondary N) is 1. The fourth-order valence-electron chi connectivity index (χ4n) is 3.84. The highest BCUT2D eigenvalue weighted by molar-refractivity contribution is 5.89. The maximum absolute atomic E-state index is 12.9. The van der Waals surface area contributed by atoms with E-state index in [0.29, 0.717) is 30.4 Å². The van der Waals surface area contributed by atoms with Crippen LogP contribution in [-0.4, -0.2) is 45.5 Å². The molecular weight excluding hydrogens is 382 g/mol. The van der Waals surface area contributed by atoms with Gasteiger partial charge in [-0.25, -0.2) is 18.8 Å². The molecule has 8 heteroatoms. The van der Waals surface area contributed by atoms with Crippen LogP contribution in [0.5, 0.6) is 5.75 Å². The molecular formula is C22H25N5O3. The van der Waals surface area contributed by atoms with Crippen molar-refractivity contribution >= 4 is 11.7 Å². The maximum Gasteiger partial charge on any atom is 0.350 e. The summed E-state index contributed by atoms with van der Waals surface area (Å²) in [5.41, 5.74) is 1.28. The average Bonchev–Trinajstić information content (AvgIpc) is 3.09. The predicted molar refractivity (Wildman–Crippen MR) is 114 cm³/mol. The highest BCUT2D eigenvalue weighted by Crippen LogP contribution is 2.27. The zero-order valence-electron chi connectivity index (χ0n) is 17.1. The number of anilines is 1. The van der Waals surface area contributed by atoms with E-state index in [1.54, 1.807) is 29.7 Å². The van der Waals surface area contributed by atoms with Crippen LogP contribution in [-0.2, 0) is 7.05 Å². The summed E-state index contributed by atoms with van der Waals surface area (Å²) in [7, 11) is 3.25. The summed E-state index contributed by atoms with van der Waals surface area (Å²) in [5, 5.41) is 7.44. The van der Waals surface area contributed by atoms with Gasteiger partial charge in [0.25, 0.3) is 0 Å². The first-order chi connectivity index (χ1) is 14.6. The van der Waals surface area contributed by atoms with Crippen LogP contribution in [0.15, 0.2) is 59.4 Å². The van der Waals surface area contributed by atoms with E-state index < -0.39 is 0 Å². The van der Waals surface area contributed by atoms with Gasteiger partial charge >= 0.3 is 11.7 Å². The van der Waals surface area contributed by atoms with Gasteiger partial charge < -0.3 is 15.0 Å². The maximum atomic E-state index is 12.9. The van der Waals surface area contributed by atoms with Gasteiger partial charge in [-0.15, -0.1) is 0 Å². The smallest absolute Gasteiger partial charge is 0.350 e. The van der Waals surface area contributed by atoms with Gasteiger partial charge in [-0.1, -0.05) is 24.3 Å². The molecule has 0 aliphatic carbocycles. The van der Waals surface area contributed by atoms with Gasteiger partial charge in [0.05, 0.1) is 12.8 Å². The van der Waals surface area contributed by atoms with Crippen molar-refractivity contribution in [3.05, 3.63) is 70.9 Å². The van der Waals surface area contributed by atoms with Crippen LogP contribution in [0.3, 0.4) is 0 Å². The average molecular weight is 407 g/mol. The highest BCUT2D eigenvalue weighted by Gasteiger charge is 2.29. The van der Waals surface area contributed by atoms with E-state index in [9.17, 15) is 9.59 Å². The molecule has 2 heterocycles. The summed E-state index contributed by atoms with van der Waals surface area (Å²) < 4.78 is 8.22. The number of amides is 2. The lowest BCUT2D eigenvalue weighted by molar-refractivity contribution is 0.191. The second-order valence-corrected chi connectivity index (χ2v) is 7.38. The van der Waals surface area contributed by atoms with E-state index in [2.05, 4.69) is 10.4 Å². The predicted octanol–water partition coefficient (Wildman–Crippen LogP) is 2.99. The molecule has 1 saturated heterocycles. The molecule has 2 aromatic carbocycles. The summed E-state index contributed by atoms with van der Waals surface area (Å²) in [5.74, 6) is 1.35. The van der Waals surface area contributed by atoms with Gasteiger partial charge in [0.15, 0.2) is 0 Å². The molecule has 156 valence electrons. The lowest BCUT2D eigenvalue weighted by Gasteiger charge is -2.32. The van der Waals surface area contributed by atoms with E-state index in [4.69, 9.17) is 4.74 Å². The number of carbonyl (C=O) groups is 1. The van der Waals surface area contributed by atoms with Crippen LogP contribution >= 0.6 is 0 Å². The number of para-hydroxylation sites is 1. The largest absolute Gasteiger partial charge is 0.497 e. The Labute approximate surface area is 174 Å². The Morgan fingerprint density at radius 1 is 1.17 bits per heavy atom. The number of urea groups is 1. The fourth-order valence-corrected chi connectivity index (χ4v) is 3.84. The van der Waals surface area contributed by atoms with E-state index in [-0.39, 0.29) is 17.6 Å². The molecule has 1 fully saturated rings. The summed E-state index contributed by atoms with van der Waals surface area (Å²) in [6.07, 6.45) is 1.71. The Kier molecular flexibility index (Phi) is 5.56. The van der Waals surface area contributed by atoms with Crippen molar-refractivity contribution < 1.29 is 9.53 Å². The Bertz CT molecular complexity index is 1090. The van der Waals surface area contributed by atoms with Gasteiger partial charge in [0, 0.05) is 37.8 Å². The molecule has 2 amide bonds. The fraction of sp³-hybridized carbons (Fsp3) is 0.318. The molecule has 30 heavy (non-hydrogen) atoms. The molecule has 1 N–H and O–H groups in total. The van der Waals surface area contributed by atoms with Gasteiger partial charge in [-0.2, -0.15) is 5.10 Å². The second kappa shape index (κ2) is 8.44. The van der Waals surface area contributed by atoms with Crippen LogP contribution in [0.4, 0.5) is 10.5 Å². The van der Waals surface area contributed by atoms with Crippen molar-refractivity contribution in [2.75, 3.05) is 25.5 Å². The first kappa shape index (κ1) is 19.8. The summed E-state index contributed by atoms with van der Waals surface area (Å²) in [6.45, 7) is 1.16. The van der Waals surface area contributed by atoms with Crippen LogP contribution in [0, 0.1) is 0 Å². The minimum Gasteiger partial charge on any atom is -0.497 e. The summed E-state index contributed by atoms with van der Waals surface area (Å²) >= 11 is 0. The van der Waals surface area contributed by atoms with Crippen molar-refractivity contribution in [2.45, 2.75) is 18.8 Å². The monoisotopic (exact) mass is 407 g/mol. The number of ether oxygens (including phenoxy) is 1. The van der Waals surface area contributed by atoms with Gasteiger partial charge in [0.2, 0.25) is 0 Å². The number of hydrogen-bond donors (Lipinski definition) is 1. The number of nitrogens with zero attached hydrogens (tertiary/aromatic N) is 4. The van der Waals surface area contributed by atoms with Crippen molar-refractivity contribution in [3.63, 3.8) is 0 Å². The van der Waals surface area contributed by atoms with E-state index in [1.165, 1.54) is 4.68 Å². The van der Waals surface area contributed by atoms with Gasteiger partial charge in [-0.3, -0.25) is 0 Å². The molecule has 8 nitrogen and oxygen atoms in total. The number of rotatable bonds is 4. The Hall–Kier alpha value is -3.55. The van der Waals surface area contributed by atoms with Gasteiger partial charge in [-0.05, 0) is 37.1 Å². The zero-order chi connectivity index (χ0) is 21.1. The van der Waals surface area contributed by atoms with Crippen LogP contribution in [0.25, 0.3) is 5.69 Å². The molecule has 0 spiro atoms. The summed E-state index contributed by atoms with van der Waals surface area (Å²) in [4.78, 5) is 27.3. The number of aryl methyl sites for hydroxylation is 1. The van der Waals surface area contributed by atoms with Crippen LogP contribution in [0.2, 0.25) is 0 Å². The van der Waals surface area contributed by atoms with E-state index >= 15 is 0 Å². The number of methoxy groups -OCH3 is 1. The molecule has 0 saturated carbocycles. The number of benzene rings is 2. The molecule has 1 atom stereocenters. The topological polar surface area (TPSA) is 81.4 Å². The number of carbonyl (C=O) groups excluding carboxylic acids is 1. The van der Waals surface area contributed by atoms with Crippen molar-refractivity contribution in [3.8, 4) is 11.4 Å². The molecule has 1 aliphatic heterocycles. The van der Waals surface area contributed by atoms with Crippen LogP contribution in [0.1, 0.15) is 24.6 Å². The van der Waals surface area contributed by atoms with E-state index in [0.717, 1.165) is 18.5 Å². The zero-order valence-corrected chi connectivity index (χ0v) is 17.1. The van der Waals surface area contributed by atoms with Crippen LogP contribution < -0.4 is 15.7 Å². The third-order valence-electron chi connectivity index (χ3n) is 5.36. The quantitative estimate of drug-likeness (QED) is 0.721. The Balaban J connectivity index is 1.55. The number of aromatic nitrogens is 3. The molecule has 4 rings (SSSR count). The number of piperidine rings is 1. The summed E-state index contributed by atoms with van der Waals surface area (Å²) in [6, 6.07) is 16.6. The van der Waals surface area contributed by atoms with Gasteiger partial charge in [0.1, 0.15) is 11.6 Å². The normalized spacial score (nSPS) is 16.3. The highest BCUT2D eigenvalue weighted by atomic mass is 16.5. The Morgan fingerprint density at radius 2 is 1.97 bits per heavy atom. The molecule has 1 aromatic heterocycles. The lowest BCUT2D eigenvalue weighted by Crippen LogP contribution is -2.42. The molecule has 0 radical (unpaired) electrons. The molecule has 3 aromatic rings. The number of hydrogen-bond acceptors (Lipinski definition) is 4. The van der Waals surface area contributed by atoms with Crippen molar-refractivity contribution in [1.82, 2.24) is 19.2 Å².